The van der Waals surface area contributed by atoms with E-state index in [1.54, 1.807) is 26.0 Å². The molecule has 0 radical (unpaired) electrons. The third-order valence-electron chi connectivity index (χ3n) is 3.52. The van der Waals surface area contributed by atoms with Gasteiger partial charge >= 0.3 is 12.0 Å². The lowest BCUT2D eigenvalue weighted by Gasteiger charge is -2.22. The lowest BCUT2D eigenvalue weighted by Crippen LogP contribution is -2.46. The predicted molar refractivity (Wildman–Crippen MR) is 85.7 cm³/mol. The summed E-state index contributed by atoms with van der Waals surface area (Å²) < 4.78 is 0. The minimum absolute atomic E-state index is 0.0930. The van der Waals surface area contributed by atoms with Crippen molar-refractivity contribution in [2.45, 2.75) is 39.3 Å². The number of nitrogens with one attached hydrogen (secondary N) is 2. The average Bonchev–Trinajstić information content (AvgIpc) is 2.43. The zero-order valence-corrected chi connectivity index (χ0v) is 13.5. The topological polar surface area (TPSA) is 122 Å². The van der Waals surface area contributed by atoms with Gasteiger partial charge in [0.25, 0.3) is 0 Å². The van der Waals surface area contributed by atoms with Crippen LogP contribution in [-0.4, -0.2) is 29.1 Å². The molecule has 1 unspecified atom stereocenters. The number of nitrogens with two attached hydrogens (primary N) is 1. The molecule has 0 aliphatic carbocycles. The molecule has 0 saturated carbocycles. The molecule has 1 aromatic rings. The van der Waals surface area contributed by atoms with Crippen LogP contribution in [-0.2, 0) is 9.59 Å². The van der Waals surface area contributed by atoms with Crippen molar-refractivity contribution >= 4 is 17.9 Å². The normalized spacial score (nSPS) is 13.2. The number of rotatable bonds is 7. The Bertz CT molecular complexity index is 586. The molecule has 3 amide bonds. The van der Waals surface area contributed by atoms with Crippen LogP contribution in [0.25, 0.3) is 0 Å². The van der Waals surface area contributed by atoms with Crippen molar-refractivity contribution in [2.75, 3.05) is 0 Å². The monoisotopic (exact) mass is 321 g/mol. The van der Waals surface area contributed by atoms with Crippen LogP contribution in [0.15, 0.2) is 24.3 Å². The number of hydrogen-bond donors (Lipinski definition) is 4. The zero-order valence-electron chi connectivity index (χ0n) is 13.5. The van der Waals surface area contributed by atoms with Crippen LogP contribution < -0.4 is 16.4 Å². The minimum Gasteiger partial charge on any atom is -0.480 e. The maximum absolute atomic E-state index is 12.2. The standard InChI is InChI=1S/C16H23N3O4/c1-9(2)14(15(21)22)19-13(20)8-12(18-16(17)23)11-7-5-4-6-10(11)3/h4-7,9,12,14H,8H2,1-3H3,(H,19,20)(H,21,22)(H3,17,18,23)/t12?,14-/m1/s1. The fourth-order valence-electron chi connectivity index (χ4n) is 2.32. The van der Waals surface area contributed by atoms with Gasteiger partial charge < -0.3 is 21.5 Å². The predicted octanol–water partition coefficient (Wildman–Crippen LogP) is 1.32. The van der Waals surface area contributed by atoms with Gasteiger partial charge in [0, 0.05) is 0 Å². The van der Waals surface area contributed by atoms with Gasteiger partial charge in [-0.05, 0) is 24.0 Å². The van der Waals surface area contributed by atoms with E-state index in [0.29, 0.717) is 0 Å². The first-order valence-corrected chi connectivity index (χ1v) is 7.36. The van der Waals surface area contributed by atoms with Crippen molar-refractivity contribution in [3.05, 3.63) is 35.4 Å². The van der Waals surface area contributed by atoms with Gasteiger partial charge in [0.2, 0.25) is 5.91 Å². The van der Waals surface area contributed by atoms with E-state index in [9.17, 15) is 14.4 Å². The van der Waals surface area contributed by atoms with Gasteiger partial charge in [-0.2, -0.15) is 0 Å². The number of primary amides is 1. The third-order valence-corrected chi connectivity index (χ3v) is 3.52. The molecule has 7 nitrogen and oxygen atoms in total. The molecule has 0 saturated heterocycles. The number of carbonyl (C=O) groups excluding carboxylic acids is 2. The molecule has 0 aliphatic rings. The van der Waals surface area contributed by atoms with Gasteiger partial charge in [0.1, 0.15) is 6.04 Å². The summed E-state index contributed by atoms with van der Waals surface area (Å²) in [5, 5.41) is 14.1. The van der Waals surface area contributed by atoms with Gasteiger partial charge in [-0.3, -0.25) is 4.79 Å². The second kappa shape index (κ2) is 8.17. The quantitative estimate of drug-likeness (QED) is 0.605. The van der Waals surface area contributed by atoms with Crippen molar-refractivity contribution in [1.29, 1.82) is 0 Å². The molecule has 0 spiro atoms. The highest BCUT2D eigenvalue weighted by Crippen LogP contribution is 2.20. The Morgan fingerprint density at radius 3 is 2.26 bits per heavy atom. The van der Waals surface area contributed by atoms with Crippen LogP contribution in [0.2, 0.25) is 0 Å². The summed E-state index contributed by atoms with van der Waals surface area (Å²) >= 11 is 0. The molecular weight excluding hydrogens is 298 g/mol. The molecule has 0 heterocycles. The van der Waals surface area contributed by atoms with E-state index in [1.165, 1.54) is 0 Å². The Labute approximate surface area is 135 Å². The number of carbonyl (C=O) groups is 3. The maximum Gasteiger partial charge on any atom is 0.326 e. The maximum atomic E-state index is 12.2. The SMILES string of the molecule is Cc1ccccc1C(CC(=O)N[C@@H](C(=O)O)C(C)C)NC(N)=O. The summed E-state index contributed by atoms with van der Waals surface area (Å²) in [6.07, 6.45) is -0.0930. The Balaban J connectivity index is 2.89. The molecule has 2 atom stereocenters. The fraction of sp³-hybridized carbons (Fsp3) is 0.438. The molecule has 126 valence electrons. The number of urea groups is 1. The number of carboxylic acids is 1. The van der Waals surface area contributed by atoms with Gasteiger partial charge in [-0.15, -0.1) is 0 Å². The number of amides is 3. The van der Waals surface area contributed by atoms with E-state index in [4.69, 9.17) is 10.8 Å². The second-order valence-electron chi connectivity index (χ2n) is 5.75. The van der Waals surface area contributed by atoms with E-state index < -0.39 is 30.0 Å². The summed E-state index contributed by atoms with van der Waals surface area (Å²) in [4.78, 5) is 34.5. The first-order valence-electron chi connectivity index (χ1n) is 7.36. The molecule has 7 heteroatoms. The van der Waals surface area contributed by atoms with E-state index in [1.807, 2.05) is 19.1 Å². The van der Waals surface area contributed by atoms with Gasteiger partial charge in [0.05, 0.1) is 12.5 Å². The van der Waals surface area contributed by atoms with E-state index >= 15 is 0 Å². The average molecular weight is 321 g/mol. The Morgan fingerprint density at radius 1 is 1.17 bits per heavy atom. The summed E-state index contributed by atoms with van der Waals surface area (Å²) in [6.45, 7) is 5.27. The minimum atomic E-state index is -1.09. The van der Waals surface area contributed by atoms with Crippen LogP contribution in [0.4, 0.5) is 4.79 Å². The molecule has 1 aromatic carbocycles. The summed E-state index contributed by atoms with van der Waals surface area (Å²) in [5.41, 5.74) is 6.84. The van der Waals surface area contributed by atoms with Crippen molar-refractivity contribution in [3.8, 4) is 0 Å². The molecule has 0 bridgehead atoms. The van der Waals surface area contributed by atoms with Gasteiger partial charge in [-0.25, -0.2) is 9.59 Å². The second-order valence-corrected chi connectivity index (χ2v) is 5.75. The van der Waals surface area contributed by atoms with Crippen molar-refractivity contribution in [1.82, 2.24) is 10.6 Å². The highest BCUT2D eigenvalue weighted by atomic mass is 16.4. The Kier molecular flexibility index (Phi) is 6.56. The highest BCUT2D eigenvalue weighted by Gasteiger charge is 2.26. The summed E-state index contributed by atoms with van der Waals surface area (Å²) in [7, 11) is 0. The number of aliphatic carboxylic acids is 1. The lowest BCUT2D eigenvalue weighted by atomic mass is 9.98. The number of benzene rings is 1. The van der Waals surface area contributed by atoms with Crippen LogP contribution in [0.1, 0.15) is 37.4 Å². The lowest BCUT2D eigenvalue weighted by molar-refractivity contribution is -0.143. The molecule has 1 rings (SSSR count). The smallest absolute Gasteiger partial charge is 0.326 e. The number of hydrogen-bond acceptors (Lipinski definition) is 3. The van der Waals surface area contributed by atoms with Gasteiger partial charge in [0.15, 0.2) is 0 Å². The molecule has 0 fully saturated rings. The van der Waals surface area contributed by atoms with Crippen LogP contribution in [0.5, 0.6) is 0 Å². The molecule has 0 aromatic heterocycles. The van der Waals surface area contributed by atoms with E-state index in [0.717, 1.165) is 11.1 Å². The van der Waals surface area contributed by atoms with Gasteiger partial charge in [-0.1, -0.05) is 38.1 Å². The van der Waals surface area contributed by atoms with E-state index in [-0.39, 0.29) is 12.3 Å². The number of aryl methyl sites for hydroxylation is 1. The number of carboxylic acid groups (broad SMARTS) is 1. The largest absolute Gasteiger partial charge is 0.480 e. The third kappa shape index (κ3) is 5.61. The molecular formula is C16H23N3O4. The first-order chi connectivity index (χ1) is 10.7. The van der Waals surface area contributed by atoms with Crippen LogP contribution >= 0.6 is 0 Å². The molecule has 5 N–H and O–H groups in total. The zero-order chi connectivity index (χ0) is 17.6. The van der Waals surface area contributed by atoms with Crippen LogP contribution in [0, 0.1) is 12.8 Å². The Hall–Kier alpha value is -2.57. The summed E-state index contributed by atoms with van der Waals surface area (Å²) in [5.74, 6) is -1.81. The van der Waals surface area contributed by atoms with Crippen LogP contribution in [0.3, 0.4) is 0 Å². The molecule has 0 aliphatic heterocycles. The first kappa shape index (κ1) is 18.5. The summed E-state index contributed by atoms with van der Waals surface area (Å²) in [6, 6.07) is 4.95. The van der Waals surface area contributed by atoms with Crippen molar-refractivity contribution in [3.63, 3.8) is 0 Å². The van der Waals surface area contributed by atoms with Crippen molar-refractivity contribution < 1.29 is 19.5 Å². The molecule has 23 heavy (non-hydrogen) atoms. The fourth-order valence-corrected chi connectivity index (χ4v) is 2.32. The highest BCUT2D eigenvalue weighted by molar-refractivity contribution is 5.84. The van der Waals surface area contributed by atoms with E-state index in [2.05, 4.69) is 10.6 Å². The Morgan fingerprint density at radius 2 is 1.78 bits per heavy atom. The van der Waals surface area contributed by atoms with Crippen molar-refractivity contribution in [2.24, 2.45) is 11.7 Å².